The number of likely N-dealkylation sites (tertiary alicyclic amines) is 3. The number of carbonyl (C=O) groups is 7. The van der Waals surface area contributed by atoms with Gasteiger partial charge in [0.2, 0.25) is 29.5 Å². The molecule has 4 aliphatic rings. The number of amides is 6. The van der Waals surface area contributed by atoms with E-state index in [9.17, 15) is 33.6 Å². The normalized spacial score (nSPS) is 16.9. The molecule has 3 fully saturated rings. The second kappa shape index (κ2) is 57.4. The van der Waals surface area contributed by atoms with Crippen molar-refractivity contribution in [1.82, 2.24) is 50.0 Å². The molecule has 150 heavy (non-hydrogen) atoms. The Hall–Kier alpha value is -6.12. The molecule has 2 aromatic heterocycles. The van der Waals surface area contributed by atoms with Gasteiger partial charge in [-0.1, -0.05) is 313 Å². The predicted octanol–water partition coefficient (Wildman–Crippen LogP) is 30.4. The van der Waals surface area contributed by atoms with Crippen molar-refractivity contribution in [1.29, 1.82) is 0 Å². The highest BCUT2D eigenvalue weighted by atomic mass is 33.1. The summed E-state index contributed by atoms with van der Waals surface area (Å²) in [5, 5.41) is 27.7. The number of benzene rings is 2. The van der Waals surface area contributed by atoms with E-state index in [0.29, 0.717) is 45.5 Å². The van der Waals surface area contributed by atoms with Crippen LogP contribution in [-0.2, 0) is 65.6 Å². The number of anilines is 1. The first-order valence-corrected chi connectivity index (χ1v) is 59.4. The molecule has 0 saturated carbocycles. The van der Waals surface area contributed by atoms with Crippen LogP contribution in [0, 0.1) is 33.0 Å². The van der Waals surface area contributed by atoms with E-state index < -0.39 is 11.1 Å². The zero-order valence-corrected chi connectivity index (χ0v) is 111. The SMILES string of the molecule is CC(C)(C)N1Cc2ccccc2-c2c(nnn2C(C)(C)C)-c2ccccc21.CC(C)(C)N=C(N)CCSC1CC(=O)N(C(C)(C)C)C1=O.CC(C)(C)NC(=O)CON=C(C(C)(C)C)C(C)(C)C.CC(C)(C)ON=C(C(C)(C)C)C(C)(C)C.CC(C)(C)SC1CC(=O)N(C(C)(C)C)C1=O.CC(C)(C)SCC(=O)C(C)(C)C.CC(C)(C)SSC(C)(C)C.CC(C)(C)n1ccnn1.CC(C)C.COC1CC(SC(C)(C)C)C(=O)N1C(C)(C)C. The van der Waals surface area contributed by atoms with Crippen LogP contribution in [-0.4, -0.2) is 213 Å². The average molecular weight is 2210 g/mol. The summed E-state index contributed by atoms with van der Waals surface area (Å²) in [4.78, 5) is 106. The van der Waals surface area contributed by atoms with Crippen molar-refractivity contribution in [2.45, 2.75) is 543 Å². The molecule has 4 atom stereocenters. The lowest BCUT2D eigenvalue weighted by Gasteiger charge is -2.40. The number of Topliss-reactive ketones (excluding diaryl/α,β-unsaturated/α-hetero) is 1. The Morgan fingerprint density at radius 2 is 0.900 bits per heavy atom. The molecule has 4 aliphatic heterocycles. The van der Waals surface area contributed by atoms with Crippen LogP contribution in [0.3, 0.4) is 0 Å². The van der Waals surface area contributed by atoms with Gasteiger partial charge in [-0.25, -0.2) is 9.36 Å². The number of aromatic nitrogens is 6. The number of ketones is 1. The first kappa shape index (κ1) is 146. The molecule has 31 heteroatoms. The summed E-state index contributed by atoms with van der Waals surface area (Å²) < 4.78 is 10.4. The number of hydrogen-bond acceptors (Lipinski definition) is 24. The number of thioether (sulfide) groups is 4. The summed E-state index contributed by atoms with van der Waals surface area (Å²) in [5.74, 6) is 2.92. The number of rotatable bonds is 14. The molecule has 8 rings (SSSR count). The average Bonchev–Trinajstić information content (AvgIpc) is 1.54. The second-order valence-corrected chi connectivity index (χ2v) is 69.6. The third-order valence-electron chi connectivity index (χ3n) is 20.3. The summed E-state index contributed by atoms with van der Waals surface area (Å²) in [5.41, 5.74) is 12.8. The van der Waals surface area contributed by atoms with Gasteiger partial charge >= 0.3 is 0 Å². The molecular formula is C119H217N15O10S6. The zero-order valence-electron chi connectivity index (χ0n) is 106. The Morgan fingerprint density at radius 1 is 0.480 bits per heavy atom. The summed E-state index contributed by atoms with van der Waals surface area (Å²) in [7, 11) is 5.60. The first-order chi connectivity index (χ1) is 66.4. The van der Waals surface area contributed by atoms with Gasteiger partial charge in [0, 0.05) is 147 Å². The molecule has 6 heterocycles. The fourth-order valence-electron chi connectivity index (χ4n) is 15.0. The van der Waals surface area contributed by atoms with Gasteiger partial charge in [0.25, 0.3) is 5.91 Å². The lowest BCUT2D eigenvalue weighted by atomic mass is 9.75. The van der Waals surface area contributed by atoms with Gasteiger partial charge in [-0.05, 0) is 204 Å². The molecule has 0 aliphatic carbocycles. The van der Waals surface area contributed by atoms with Crippen molar-refractivity contribution in [2.24, 2.45) is 54.0 Å². The van der Waals surface area contributed by atoms with E-state index in [2.05, 4.69) is 390 Å². The lowest BCUT2D eigenvalue weighted by molar-refractivity contribution is -0.145. The van der Waals surface area contributed by atoms with Crippen molar-refractivity contribution in [3.8, 4) is 22.5 Å². The molecule has 25 nitrogen and oxygen atoms in total. The number of carbonyl (C=O) groups excluding carboxylic acids is 7. The second-order valence-electron chi connectivity index (χ2n) is 58.7. The van der Waals surface area contributed by atoms with Crippen molar-refractivity contribution < 1.29 is 48.0 Å². The summed E-state index contributed by atoms with van der Waals surface area (Å²) in [6, 6.07) is 17.2. The standard InChI is InChI=1S/C23H28N4.C15H27N3O2S.C15H30N2O2.C13H25NO2S.C13H27NO.C12H21NO2S.C10H20OS.C8H18S2.C6H11N3.C4H10/c1-22(2,3)26-15-16-11-7-8-12-17(16)21-20(18-13-9-10-14-19(18)26)24-25-27(21)23(4,5)6;1-14(2,3)17-11(16)7-8-21-10-9-12(19)18(13(10)20)15(4,5)6;1-13(2,3)12(14(4,5)6)17-19-10-11(18)16-15(7,8)9;1-12(2,3)14-10(16-7)8-9(11(14)15)17-13(4,5)6;1-11(2,3)10(12(4,5)6)14-15-13(7,8)9;1-11(2,3)13-9(14)7-8(10(13)15)16-12(4,5)6;1-9(2,3)8(11)7-12-10(4,5)6;1-7(2,3)9-10-8(4,5)6;1-6(2,3)9-5-4-7-8-9;1-4(2)3/h7-14H,15H2,1-6H3;10H,7-9H2,1-6H3,(H2,16,17);10H2,1-9H3,(H,16,18);9-10H,8H2,1-7H3;1-9H3;8H,7H2,1-6H3;7H2,1-6H3;1-6H3;4-5H,1-3H3;4H,1-3H3. The van der Waals surface area contributed by atoms with E-state index in [1.54, 1.807) is 48.6 Å². The quantitative estimate of drug-likeness (QED) is 0.0390. The van der Waals surface area contributed by atoms with Crippen LogP contribution in [0.5, 0.6) is 0 Å². The molecular weight excluding hydrogens is 1990 g/mol. The zero-order chi connectivity index (χ0) is 119. The highest BCUT2D eigenvalue weighted by Crippen LogP contribution is 2.47. The summed E-state index contributed by atoms with van der Waals surface area (Å²) in [6.07, 6.45) is 5.52. The number of nitrogens with one attached hydrogen (secondary N) is 1. The van der Waals surface area contributed by atoms with Crippen LogP contribution >= 0.6 is 68.6 Å². The van der Waals surface area contributed by atoms with E-state index in [0.717, 1.165) is 47.3 Å². The number of ether oxygens (including phenoxy) is 1. The molecule has 0 spiro atoms. The van der Waals surface area contributed by atoms with Crippen LogP contribution in [0.2, 0.25) is 0 Å². The van der Waals surface area contributed by atoms with Gasteiger partial charge in [-0.3, -0.25) is 48.4 Å². The van der Waals surface area contributed by atoms with Crippen LogP contribution in [0.25, 0.3) is 22.5 Å². The predicted molar refractivity (Wildman–Crippen MR) is 655 cm³/mol. The van der Waals surface area contributed by atoms with E-state index in [1.165, 1.54) is 38.4 Å². The smallest absolute Gasteiger partial charge is 0.261 e. The molecule has 3 saturated heterocycles. The lowest BCUT2D eigenvalue weighted by Crippen LogP contribution is -2.48. The highest BCUT2D eigenvalue weighted by molar-refractivity contribution is 8.77. The molecule has 6 amide bonds. The van der Waals surface area contributed by atoms with Crippen LogP contribution in [0.15, 0.2) is 76.2 Å². The largest absolute Gasteiger partial charge is 0.390 e. The van der Waals surface area contributed by atoms with Gasteiger partial charge in [0.05, 0.1) is 67.3 Å². The fraction of sp³-hybridized carbons (Fsp3) is 0.782. The maximum Gasteiger partial charge on any atom is 0.261 e. The minimum Gasteiger partial charge on any atom is -0.390 e. The Kier molecular flexibility index (Phi) is 55.8. The summed E-state index contributed by atoms with van der Waals surface area (Å²) >= 11 is 6.54. The number of fused-ring (bicyclic) bond motifs is 5. The minimum atomic E-state index is -0.448. The van der Waals surface area contributed by atoms with Gasteiger partial charge in [-0.15, -0.1) is 57.2 Å². The topological polar surface area (TPSA) is 297 Å². The molecule has 4 unspecified atom stereocenters. The maximum absolute atomic E-state index is 12.4. The highest BCUT2D eigenvalue weighted by Gasteiger charge is 2.49. The van der Waals surface area contributed by atoms with Gasteiger partial charge in [-0.2, -0.15) is 0 Å². The van der Waals surface area contributed by atoms with Crippen LogP contribution in [0.1, 0.15) is 447 Å². The van der Waals surface area contributed by atoms with Crippen molar-refractivity contribution in [3.05, 3.63) is 66.5 Å². The maximum atomic E-state index is 12.4. The Labute approximate surface area is 940 Å². The molecule has 3 N–H and O–H groups in total. The van der Waals surface area contributed by atoms with Crippen molar-refractivity contribution in [3.63, 3.8) is 0 Å². The Morgan fingerprint density at radius 3 is 1.24 bits per heavy atom. The van der Waals surface area contributed by atoms with E-state index in [1.807, 2.05) is 162 Å². The van der Waals surface area contributed by atoms with Gasteiger partial charge in [0.15, 0.2) is 6.61 Å². The number of amidine groups is 1. The third-order valence-corrected chi connectivity index (χ3v) is 29.9. The van der Waals surface area contributed by atoms with Gasteiger partial charge < -0.3 is 35.3 Å². The number of nitrogens with two attached hydrogens (primary N) is 1. The summed E-state index contributed by atoms with van der Waals surface area (Å²) in [6.45, 7) is 126. The molecule has 0 bridgehead atoms. The van der Waals surface area contributed by atoms with Gasteiger partial charge in [0.1, 0.15) is 23.3 Å². The number of nitrogens with zero attached hydrogens (tertiary/aromatic N) is 13. The van der Waals surface area contributed by atoms with Crippen molar-refractivity contribution >= 4 is 133 Å². The number of aliphatic imine (C=N–C) groups is 1. The Balaban J connectivity index is 0. The van der Waals surface area contributed by atoms with Crippen molar-refractivity contribution in [2.75, 3.05) is 30.1 Å². The van der Waals surface area contributed by atoms with Crippen LogP contribution in [0.4, 0.5) is 5.69 Å². The Bertz CT molecular complexity index is 4870. The van der Waals surface area contributed by atoms with E-state index in [4.69, 9.17) is 20.1 Å². The van der Waals surface area contributed by atoms with E-state index in [-0.39, 0.29) is 151 Å². The number of oxime groups is 2. The molecule has 2 aromatic carbocycles. The fourth-order valence-corrected chi connectivity index (χ4v) is 21.7. The van der Waals surface area contributed by atoms with Crippen LogP contribution < -0.4 is 16.0 Å². The molecule has 0 radical (unpaired) electrons. The number of imide groups is 2. The number of methoxy groups -OCH3 is 1. The first-order valence-electron chi connectivity index (χ1n) is 53.4. The molecule has 864 valence electrons. The van der Waals surface area contributed by atoms with E-state index >= 15 is 0 Å². The minimum absolute atomic E-state index is 0.00843. The number of para-hydroxylation sites is 1. The third kappa shape index (κ3) is 58.8. The molecule has 4 aromatic rings. The monoisotopic (exact) mass is 2210 g/mol. The number of hydrogen-bond donors (Lipinski definition) is 2.